The molecule has 0 bridgehead atoms. The minimum atomic E-state index is 0.608. The van der Waals surface area contributed by atoms with E-state index in [0.29, 0.717) is 18.7 Å². The lowest BCUT2D eigenvalue weighted by atomic mass is 10.1. The van der Waals surface area contributed by atoms with Crippen molar-refractivity contribution < 1.29 is 4.74 Å². The van der Waals surface area contributed by atoms with Crippen LogP contribution >= 0.6 is 31.9 Å². The maximum atomic E-state index is 8.92. The Balaban J connectivity index is 2.21. The molecular formula is C16H14Br2N2O. The highest BCUT2D eigenvalue weighted by Crippen LogP contribution is 2.33. The smallest absolute Gasteiger partial charge is 0.138 e. The topological polar surface area (TPSA) is 45.0 Å². The lowest BCUT2D eigenvalue weighted by Gasteiger charge is -2.14. The zero-order valence-corrected chi connectivity index (χ0v) is 14.7. The second kappa shape index (κ2) is 7.48. The van der Waals surface area contributed by atoms with Crippen LogP contribution in [0.15, 0.2) is 45.3 Å². The average molecular weight is 410 g/mol. The molecule has 0 heterocycles. The van der Waals surface area contributed by atoms with Gasteiger partial charge >= 0.3 is 0 Å². The van der Waals surface area contributed by atoms with E-state index in [2.05, 4.69) is 43.2 Å². The predicted octanol–water partition coefficient (Wildman–Crippen LogP) is 5.09. The molecule has 0 atom stereocenters. The Hall–Kier alpha value is -1.51. The molecule has 1 N–H and O–H groups in total. The molecule has 0 aliphatic heterocycles. The van der Waals surface area contributed by atoms with Gasteiger partial charge in [0.1, 0.15) is 5.75 Å². The van der Waals surface area contributed by atoms with Crippen LogP contribution in [-0.4, -0.2) is 6.61 Å². The van der Waals surface area contributed by atoms with Gasteiger partial charge in [-0.3, -0.25) is 0 Å². The molecule has 0 aliphatic rings. The summed E-state index contributed by atoms with van der Waals surface area (Å²) in [6.07, 6.45) is 0. The van der Waals surface area contributed by atoms with Gasteiger partial charge in [0.15, 0.2) is 0 Å². The zero-order valence-electron chi connectivity index (χ0n) is 11.5. The summed E-state index contributed by atoms with van der Waals surface area (Å²) in [5.74, 6) is 0.838. The number of benzene rings is 2. The van der Waals surface area contributed by atoms with Gasteiger partial charge in [-0.15, -0.1) is 0 Å². The molecule has 3 nitrogen and oxygen atoms in total. The first-order chi connectivity index (χ1) is 10.1. The van der Waals surface area contributed by atoms with Crippen LogP contribution in [0.25, 0.3) is 0 Å². The number of nitrogens with zero attached hydrogens (tertiary/aromatic N) is 1. The van der Waals surface area contributed by atoms with Gasteiger partial charge < -0.3 is 10.1 Å². The van der Waals surface area contributed by atoms with Crippen molar-refractivity contribution in [1.29, 1.82) is 5.26 Å². The molecule has 0 radical (unpaired) electrons. The molecule has 21 heavy (non-hydrogen) atoms. The molecule has 0 aromatic heterocycles. The lowest BCUT2D eigenvalue weighted by molar-refractivity contribution is 0.334. The van der Waals surface area contributed by atoms with E-state index in [1.807, 2.05) is 37.3 Å². The largest absolute Gasteiger partial charge is 0.492 e. The Morgan fingerprint density at radius 2 is 2.05 bits per heavy atom. The molecule has 5 heteroatoms. The van der Waals surface area contributed by atoms with E-state index in [0.717, 1.165) is 25.9 Å². The Morgan fingerprint density at radius 1 is 1.24 bits per heavy atom. The fourth-order valence-electron chi connectivity index (χ4n) is 1.95. The van der Waals surface area contributed by atoms with Crippen molar-refractivity contribution in [2.24, 2.45) is 0 Å². The predicted molar refractivity (Wildman–Crippen MR) is 91.5 cm³/mol. The molecule has 0 saturated heterocycles. The molecule has 0 saturated carbocycles. The third-order valence-electron chi connectivity index (χ3n) is 2.85. The van der Waals surface area contributed by atoms with Gasteiger partial charge in [-0.1, -0.05) is 22.0 Å². The third kappa shape index (κ3) is 4.23. The van der Waals surface area contributed by atoms with E-state index < -0.39 is 0 Å². The van der Waals surface area contributed by atoms with E-state index in [-0.39, 0.29) is 0 Å². The SMILES string of the molecule is CCOc1c(Br)cc(Br)cc1CNc1cccc(C#N)c1. The average Bonchev–Trinajstić information content (AvgIpc) is 2.48. The molecule has 2 aromatic rings. The van der Waals surface area contributed by atoms with Gasteiger partial charge in [-0.25, -0.2) is 0 Å². The number of rotatable bonds is 5. The first-order valence-corrected chi connectivity index (χ1v) is 8.07. The minimum absolute atomic E-state index is 0.608. The van der Waals surface area contributed by atoms with Crippen molar-refractivity contribution in [3.8, 4) is 11.8 Å². The van der Waals surface area contributed by atoms with Crippen molar-refractivity contribution >= 4 is 37.5 Å². The summed E-state index contributed by atoms with van der Waals surface area (Å²) < 4.78 is 7.60. The van der Waals surface area contributed by atoms with E-state index in [1.165, 1.54) is 0 Å². The molecule has 0 amide bonds. The summed E-state index contributed by atoms with van der Waals surface area (Å²) in [6.45, 7) is 3.18. The first kappa shape index (κ1) is 15.9. The zero-order chi connectivity index (χ0) is 15.2. The van der Waals surface area contributed by atoms with Crippen molar-refractivity contribution in [3.05, 3.63) is 56.5 Å². The molecule has 0 spiro atoms. The second-order valence-electron chi connectivity index (χ2n) is 4.36. The van der Waals surface area contributed by atoms with Crippen LogP contribution in [0, 0.1) is 11.3 Å². The fraction of sp³-hybridized carbons (Fsp3) is 0.188. The van der Waals surface area contributed by atoms with Crippen LogP contribution in [0.5, 0.6) is 5.75 Å². The monoisotopic (exact) mass is 408 g/mol. The van der Waals surface area contributed by atoms with Gasteiger partial charge in [-0.2, -0.15) is 5.26 Å². The summed E-state index contributed by atoms with van der Waals surface area (Å²) in [5, 5.41) is 12.2. The van der Waals surface area contributed by atoms with Crippen molar-refractivity contribution in [2.75, 3.05) is 11.9 Å². The summed E-state index contributed by atoms with van der Waals surface area (Å²) >= 11 is 7.01. The maximum Gasteiger partial charge on any atom is 0.138 e. The number of nitrogens with one attached hydrogen (secondary N) is 1. The maximum absolute atomic E-state index is 8.92. The Bertz CT molecular complexity index is 680. The van der Waals surface area contributed by atoms with Gasteiger partial charge in [0, 0.05) is 22.3 Å². The van der Waals surface area contributed by atoms with Crippen molar-refractivity contribution in [1.82, 2.24) is 0 Å². The van der Waals surface area contributed by atoms with Gasteiger partial charge in [0.2, 0.25) is 0 Å². The number of hydrogen-bond acceptors (Lipinski definition) is 3. The third-order valence-corrected chi connectivity index (χ3v) is 3.90. The number of nitriles is 1. The molecule has 2 aromatic carbocycles. The summed E-state index contributed by atoms with van der Waals surface area (Å²) in [5.41, 5.74) is 2.59. The molecule has 0 unspecified atom stereocenters. The van der Waals surface area contributed by atoms with E-state index >= 15 is 0 Å². The van der Waals surface area contributed by atoms with Crippen LogP contribution in [0.3, 0.4) is 0 Å². The number of ether oxygens (including phenoxy) is 1. The molecule has 0 fully saturated rings. The Morgan fingerprint density at radius 3 is 2.76 bits per heavy atom. The quantitative estimate of drug-likeness (QED) is 0.747. The van der Waals surface area contributed by atoms with Crippen LogP contribution in [0.2, 0.25) is 0 Å². The van der Waals surface area contributed by atoms with Crippen molar-refractivity contribution in [3.63, 3.8) is 0 Å². The highest BCUT2D eigenvalue weighted by atomic mass is 79.9. The van der Waals surface area contributed by atoms with Gasteiger partial charge in [0.05, 0.1) is 22.7 Å². The highest BCUT2D eigenvalue weighted by molar-refractivity contribution is 9.11. The summed E-state index contributed by atoms with van der Waals surface area (Å²) in [7, 11) is 0. The summed E-state index contributed by atoms with van der Waals surface area (Å²) in [6, 6.07) is 13.5. The second-order valence-corrected chi connectivity index (χ2v) is 6.13. The van der Waals surface area contributed by atoms with Gasteiger partial charge in [-0.05, 0) is 53.2 Å². The lowest BCUT2D eigenvalue weighted by Crippen LogP contribution is -2.04. The first-order valence-electron chi connectivity index (χ1n) is 6.48. The normalized spacial score (nSPS) is 10.0. The van der Waals surface area contributed by atoms with E-state index in [1.54, 1.807) is 6.07 Å². The molecular weight excluding hydrogens is 396 g/mol. The fourth-order valence-corrected chi connectivity index (χ4v) is 3.38. The van der Waals surface area contributed by atoms with E-state index in [4.69, 9.17) is 10.00 Å². The molecule has 0 aliphatic carbocycles. The molecule has 2 rings (SSSR count). The Labute approximate surface area is 141 Å². The number of hydrogen-bond donors (Lipinski definition) is 1. The van der Waals surface area contributed by atoms with Crippen LogP contribution < -0.4 is 10.1 Å². The summed E-state index contributed by atoms with van der Waals surface area (Å²) in [4.78, 5) is 0. The number of halogens is 2. The standard InChI is InChI=1S/C16H14Br2N2O/c1-2-21-16-12(7-13(17)8-15(16)18)10-20-14-5-3-4-11(6-14)9-19/h3-8,20H,2,10H2,1H3. The highest BCUT2D eigenvalue weighted by Gasteiger charge is 2.10. The number of anilines is 1. The van der Waals surface area contributed by atoms with Crippen LogP contribution in [-0.2, 0) is 6.54 Å². The van der Waals surface area contributed by atoms with E-state index in [9.17, 15) is 0 Å². The van der Waals surface area contributed by atoms with Crippen LogP contribution in [0.1, 0.15) is 18.1 Å². The molecule has 108 valence electrons. The van der Waals surface area contributed by atoms with Crippen molar-refractivity contribution in [2.45, 2.75) is 13.5 Å². The van der Waals surface area contributed by atoms with Gasteiger partial charge in [0.25, 0.3) is 0 Å². The Kier molecular flexibility index (Phi) is 5.66. The van der Waals surface area contributed by atoms with Crippen LogP contribution in [0.4, 0.5) is 5.69 Å². The minimum Gasteiger partial charge on any atom is -0.492 e.